The molecule has 128 valence electrons. The van der Waals surface area contributed by atoms with E-state index in [-0.39, 0.29) is 5.75 Å². The van der Waals surface area contributed by atoms with Gasteiger partial charge < -0.3 is 20.1 Å². The van der Waals surface area contributed by atoms with Crippen LogP contribution in [-0.4, -0.2) is 67.3 Å². The molecule has 0 saturated carbocycles. The molecule has 2 aliphatic heterocycles. The van der Waals surface area contributed by atoms with Crippen molar-refractivity contribution in [3.63, 3.8) is 0 Å². The Labute approximate surface area is 139 Å². The number of nitrogens with zero attached hydrogens (tertiary/aromatic N) is 2. The van der Waals surface area contributed by atoms with Gasteiger partial charge >= 0.3 is 0 Å². The Morgan fingerprint density at radius 2 is 2.09 bits per heavy atom. The number of methoxy groups -OCH3 is 1. The molecule has 5 heteroatoms. The first-order valence-electron chi connectivity index (χ1n) is 8.74. The Balaban J connectivity index is 1.86. The zero-order valence-corrected chi connectivity index (χ0v) is 14.3. The smallest absolute Gasteiger partial charge is 0.160 e. The monoisotopic (exact) mass is 319 g/mol. The second-order valence-corrected chi connectivity index (χ2v) is 6.75. The van der Waals surface area contributed by atoms with E-state index in [1.807, 2.05) is 12.1 Å². The maximum absolute atomic E-state index is 9.90. The summed E-state index contributed by atoms with van der Waals surface area (Å²) in [5.74, 6) is 0.779. The van der Waals surface area contributed by atoms with Crippen LogP contribution in [0.3, 0.4) is 0 Å². The van der Waals surface area contributed by atoms with Crippen LogP contribution in [0, 0.1) is 0 Å². The fraction of sp³-hybridized carbons (Fsp3) is 0.667. The van der Waals surface area contributed by atoms with Gasteiger partial charge in [0.05, 0.1) is 7.11 Å². The first-order valence-corrected chi connectivity index (χ1v) is 8.74. The summed E-state index contributed by atoms with van der Waals surface area (Å²) in [6.45, 7) is 8.88. The number of likely N-dealkylation sites (tertiary alicyclic amines) is 1. The molecule has 0 bridgehead atoms. The number of rotatable bonds is 5. The Morgan fingerprint density at radius 1 is 1.30 bits per heavy atom. The number of phenols is 1. The number of nitrogens with one attached hydrogen (secondary N) is 1. The molecule has 0 spiro atoms. The van der Waals surface area contributed by atoms with Gasteiger partial charge in [-0.1, -0.05) is 6.07 Å². The van der Waals surface area contributed by atoms with Crippen molar-refractivity contribution in [2.45, 2.75) is 31.8 Å². The third-order valence-electron chi connectivity index (χ3n) is 5.17. The third-order valence-corrected chi connectivity index (χ3v) is 5.17. The number of aromatic hydroxyl groups is 1. The topological polar surface area (TPSA) is 48.0 Å². The van der Waals surface area contributed by atoms with Gasteiger partial charge in [-0.05, 0) is 50.6 Å². The van der Waals surface area contributed by atoms with Crippen LogP contribution in [-0.2, 0) is 0 Å². The normalized spacial score (nSPS) is 24.7. The predicted molar refractivity (Wildman–Crippen MR) is 92.1 cm³/mol. The fourth-order valence-electron chi connectivity index (χ4n) is 3.83. The minimum atomic E-state index is 0.213. The lowest BCUT2D eigenvalue weighted by atomic mass is 10.0. The molecule has 0 aliphatic carbocycles. The van der Waals surface area contributed by atoms with E-state index in [1.165, 1.54) is 31.5 Å². The number of ether oxygens (including phenoxy) is 1. The summed E-state index contributed by atoms with van der Waals surface area (Å²) in [4.78, 5) is 5.17. The van der Waals surface area contributed by atoms with Crippen molar-refractivity contribution in [1.29, 1.82) is 0 Å². The molecule has 1 aromatic carbocycles. The SMILES string of the molecule is COc1cc(C(CN2CCCC2)N2CCNCC2C)ccc1O. The van der Waals surface area contributed by atoms with E-state index >= 15 is 0 Å². The highest BCUT2D eigenvalue weighted by Gasteiger charge is 2.30. The van der Waals surface area contributed by atoms with Crippen LogP contribution >= 0.6 is 0 Å². The van der Waals surface area contributed by atoms with Crippen LogP contribution in [0.1, 0.15) is 31.4 Å². The van der Waals surface area contributed by atoms with Crippen molar-refractivity contribution in [2.75, 3.05) is 46.4 Å². The molecule has 3 rings (SSSR count). The third kappa shape index (κ3) is 3.79. The Bertz CT molecular complexity index is 517. The summed E-state index contributed by atoms with van der Waals surface area (Å²) in [5.41, 5.74) is 1.24. The summed E-state index contributed by atoms with van der Waals surface area (Å²) in [6, 6.07) is 6.67. The fourth-order valence-corrected chi connectivity index (χ4v) is 3.83. The van der Waals surface area contributed by atoms with Gasteiger partial charge in [0.2, 0.25) is 0 Å². The first-order chi connectivity index (χ1) is 11.2. The lowest BCUT2D eigenvalue weighted by molar-refractivity contribution is 0.0906. The van der Waals surface area contributed by atoms with E-state index in [4.69, 9.17) is 4.74 Å². The molecular weight excluding hydrogens is 290 g/mol. The molecule has 2 unspecified atom stereocenters. The average Bonchev–Trinajstić information content (AvgIpc) is 3.07. The summed E-state index contributed by atoms with van der Waals surface area (Å²) < 4.78 is 5.33. The zero-order chi connectivity index (χ0) is 16.2. The second kappa shape index (κ2) is 7.51. The van der Waals surface area contributed by atoms with Gasteiger partial charge in [0, 0.05) is 38.3 Å². The molecule has 5 nitrogen and oxygen atoms in total. The highest BCUT2D eigenvalue weighted by Crippen LogP contribution is 2.33. The summed E-state index contributed by atoms with van der Waals surface area (Å²) in [6.07, 6.45) is 2.62. The van der Waals surface area contributed by atoms with E-state index in [9.17, 15) is 5.11 Å². The maximum atomic E-state index is 9.90. The van der Waals surface area contributed by atoms with Gasteiger partial charge in [0.15, 0.2) is 11.5 Å². The summed E-state index contributed by atoms with van der Waals surface area (Å²) in [7, 11) is 1.61. The van der Waals surface area contributed by atoms with E-state index in [2.05, 4.69) is 22.0 Å². The van der Waals surface area contributed by atoms with Gasteiger partial charge in [-0.3, -0.25) is 4.90 Å². The van der Waals surface area contributed by atoms with Crippen LogP contribution in [0.15, 0.2) is 18.2 Å². The molecule has 0 amide bonds. The number of piperazine rings is 1. The molecule has 2 N–H and O–H groups in total. The highest BCUT2D eigenvalue weighted by atomic mass is 16.5. The van der Waals surface area contributed by atoms with Gasteiger partial charge in [-0.2, -0.15) is 0 Å². The van der Waals surface area contributed by atoms with Crippen molar-refractivity contribution in [3.05, 3.63) is 23.8 Å². The van der Waals surface area contributed by atoms with Crippen LogP contribution < -0.4 is 10.1 Å². The van der Waals surface area contributed by atoms with Crippen LogP contribution in [0.5, 0.6) is 11.5 Å². The quantitative estimate of drug-likeness (QED) is 0.867. The highest BCUT2D eigenvalue weighted by molar-refractivity contribution is 5.43. The van der Waals surface area contributed by atoms with Crippen LogP contribution in [0.25, 0.3) is 0 Å². The van der Waals surface area contributed by atoms with Crippen molar-refractivity contribution in [2.24, 2.45) is 0 Å². The Hall–Kier alpha value is -1.30. The number of hydrogen-bond donors (Lipinski definition) is 2. The van der Waals surface area contributed by atoms with Crippen LogP contribution in [0.4, 0.5) is 0 Å². The lowest BCUT2D eigenvalue weighted by Crippen LogP contribution is -2.52. The molecule has 2 fully saturated rings. The summed E-state index contributed by atoms with van der Waals surface area (Å²) >= 11 is 0. The molecule has 1 aromatic rings. The van der Waals surface area contributed by atoms with Gasteiger partial charge in [-0.15, -0.1) is 0 Å². The second-order valence-electron chi connectivity index (χ2n) is 6.75. The number of hydrogen-bond acceptors (Lipinski definition) is 5. The van der Waals surface area contributed by atoms with Crippen LogP contribution in [0.2, 0.25) is 0 Å². The van der Waals surface area contributed by atoms with Crippen molar-refractivity contribution < 1.29 is 9.84 Å². The zero-order valence-electron chi connectivity index (χ0n) is 14.3. The molecule has 23 heavy (non-hydrogen) atoms. The van der Waals surface area contributed by atoms with Gasteiger partial charge in [-0.25, -0.2) is 0 Å². The van der Waals surface area contributed by atoms with E-state index in [0.29, 0.717) is 17.8 Å². The molecule has 2 heterocycles. The van der Waals surface area contributed by atoms with E-state index in [0.717, 1.165) is 26.2 Å². The van der Waals surface area contributed by atoms with E-state index < -0.39 is 0 Å². The molecule has 0 radical (unpaired) electrons. The average molecular weight is 319 g/mol. The predicted octanol–water partition coefficient (Wildman–Crippen LogP) is 1.83. The van der Waals surface area contributed by atoms with Gasteiger partial charge in [0.25, 0.3) is 0 Å². The molecule has 2 saturated heterocycles. The molecule has 2 atom stereocenters. The maximum Gasteiger partial charge on any atom is 0.160 e. The van der Waals surface area contributed by atoms with Crippen molar-refractivity contribution in [3.8, 4) is 11.5 Å². The molecular formula is C18H29N3O2. The molecule has 0 aromatic heterocycles. The van der Waals surface area contributed by atoms with Crippen molar-refractivity contribution >= 4 is 0 Å². The molecule has 2 aliphatic rings. The van der Waals surface area contributed by atoms with Gasteiger partial charge in [0.1, 0.15) is 0 Å². The summed E-state index contributed by atoms with van der Waals surface area (Å²) in [5, 5.41) is 13.4. The minimum Gasteiger partial charge on any atom is -0.504 e. The number of phenolic OH excluding ortho intramolecular Hbond substituents is 1. The minimum absolute atomic E-state index is 0.213. The Morgan fingerprint density at radius 3 is 2.78 bits per heavy atom. The first kappa shape index (κ1) is 16.6. The standard InChI is InChI=1S/C18H29N3O2/c1-14-12-19-7-10-21(14)16(13-20-8-3-4-9-20)15-5-6-17(22)18(11-15)23-2/h5-6,11,14,16,19,22H,3-4,7-10,12-13H2,1-2H3. The number of benzene rings is 1. The van der Waals surface area contributed by atoms with E-state index in [1.54, 1.807) is 13.2 Å². The Kier molecular flexibility index (Phi) is 5.41. The van der Waals surface area contributed by atoms with Crippen molar-refractivity contribution in [1.82, 2.24) is 15.1 Å². The lowest BCUT2D eigenvalue weighted by Gasteiger charge is -2.41. The largest absolute Gasteiger partial charge is 0.504 e.